The molecule has 25 heavy (non-hydrogen) atoms. The fourth-order valence-corrected chi connectivity index (χ4v) is 18.7. The van der Waals surface area contributed by atoms with Crippen LogP contribution in [0.1, 0.15) is 33.7 Å². The second kappa shape index (κ2) is 6.94. The first-order valence-corrected chi connectivity index (χ1v) is 16.7. The first-order valence-electron chi connectivity index (χ1n) is 8.53. The summed E-state index contributed by atoms with van der Waals surface area (Å²) in [6, 6.07) is 5.96. The van der Waals surface area contributed by atoms with E-state index in [0.717, 1.165) is 12.2 Å². The van der Waals surface area contributed by atoms with Crippen molar-refractivity contribution in [3.05, 3.63) is 52.8 Å². The van der Waals surface area contributed by atoms with Crippen molar-refractivity contribution < 1.29 is 54.6 Å². The molecule has 2 atom stereocenters. The van der Waals surface area contributed by atoms with Gasteiger partial charge < -0.3 is 24.8 Å². The topological polar surface area (TPSA) is 20.2 Å². The van der Waals surface area contributed by atoms with Crippen LogP contribution in [0.25, 0.3) is 10.8 Å². The Balaban J connectivity index is 0.00000113. The summed E-state index contributed by atoms with van der Waals surface area (Å²) in [5, 5.41) is 14.0. The Morgan fingerprint density at radius 3 is 2.52 bits per heavy atom. The molecule has 1 aromatic rings. The van der Waals surface area contributed by atoms with Gasteiger partial charge in [0.15, 0.2) is 0 Å². The summed E-state index contributed by atoms with van der Waals surface area (Å²) in [4.78, 5) is 0. The van der Waals surface area contributed by atoms with Crippen molar-refractivity contribution in [1.29, 1.82) is 0 Å². The van der Waals surface area contributed by atoms with E-state index in [1.54, 1.807) is 5.19 Å². The van der Waals surface area contributed by atoms with Gasteiger partial charge in [0.1, 0.15) is 0 Å². The Labute approximate surface area is 180 Å². The fourth-order valence-electron chi connectivity index (χ4n) is 4.58. The van der Waals surface area contributed by atoms with Gasteiger partial charge in [-0.05, 0) is 0 Å². The molecule has 2 unspecified atom stereocenters. The summed E-state index contributed by atoms with van der Waals surface area (Å²) in [5.74, 6) is 0.740. The zero-order valence-electron chi connectivity index (χ0n) is 15.1. The Morgan fingerprint density at radius 2 is 1.96 bits per heavy atom. The molecule has 0 aromatic heterocycles. The van der Waals surface area contributed by atoms with Gasteiger partial charge >= 0.3 is 156 Å². The second-order valence-corrected chi connectivity index (χ2v) is 24.0. The minimum absolute atomic E-state index is 0. The summed E-state index contributed by atoms with van der Waals surface area (Å²) >= 11 is 1.42. The van der Waals surface area contributed by atoms with Crippen LogP contribution < -0.4 is 30.0 Å². The van der Waals surface area contributed by atoms with Crippen LogP contribution in [0.3, 0.4) is 0 Å². The third-order valence-corrected chi connectivity index (χ3v) is 26.3. The summed E-state index contributed by atoms with van der Waals surface area (Å²) in [7, 11) is -3.12. The Morgan fingerprint density at radius 1 is 1.28 bits per heavy atom. The van der Waals surface area contributed by atoms with E-state index in [-0.39, 0.29) is 28.4 Å². The quantitative estimate of drug-likeness (QED) is 0.520. The average Bonchev–Trinajstić information content (AvgIpc) is 3.13. The molecule has 1 heterocycles. The minimum Gasteiger partial charge on any atom is -1.00 e. The molecular weight excluding hydrogens is 463 g/mol. The van der Waals surface area contributed by atoms with Gasteiger partial charge in [0, 0.05) is 0 Å². The number of hydrogen-bond acceptors (Lipinski definition) is 1. The van der Waals surface area contributed by atoms with E-state index in [1.807, 2.05) is 0 Å². The third-order valence-electron chi connectivity index (χ3n) is 6.68. The Kier molecular flexibility index (Phi) is 5.95. The van der Waals surface area contributed by atoms with Crippen molar-refractivity contribution in [3.8, 4) is 0 Å². The Hall–Kier alpha value is 0.137. The summed E-state index contributed by atoms with van der Waals surface area (Å²) in [6.07, 6.45) is 7.81. The molecule has 1 nitrogen and oxygen atoms in total. The summed E-state index contributed by atoms with van der Waals surface area (Å²) < 4.78 is 0.284. The van der Waals surface area contributed by atoms with Crippen molar-refractivity contribution in [2.24, 2.45) is 0 Å². The second-order valence-electron chi connectivity index (χ2n) is 7.83. The summed E-state index contributed by atoms with van der Waals surface area (Å²) in [5.41, 5.74) is 5.86. The maximum absolute atomic E-state index is 10.9. The molecule has 0 bridgehead atoms. The van der Waals surface area contributed by atoms with E-state index in [4.69, 9.17) is 0 Å². The Bertz CT molecular complexity index is 829. The number of halogens is 2. The molecule has 0 radical (unpaired) electrons. The molecule has 0 fully saturated rings. The smallest absolute Gasteiger partial charge is 1.00 e. The van der Waals surface area contributed by atoms with Crippen LogP contribution in [0.15, 0.2) is 36.1 Å². The first kappa shape index (κ1) is 21.4. The minimum atomic E-state index is -1.73. The molecule has 1 aromatic carbocycles. The van der Waals surface area contributed by atoms with E-state index in [9.17, 15) is 5.11 Å². The van der Waals surface area contributed by atoms with Crippen molar-refractivity contribution in [3.63, 3.8) is 0 Å². The standard InChI is InChI=1S/C19H23OSi2.2ClH.Zr/c1-5-21(2,3)22(4)18-15(13-8-6-7-9-13)11-10-14-12-16(20)19(22)17(14)18;;;/h6-8,10-12,20H,5,9H2,1-4H3;2*1H;/q;;;+2/p-2. The zero-order valence-corrected chi connectivity index (χ0v) is 21.1. The van der Waals surface area contributed by atoms with Crippen LogP contribution in [-0.2, 0) is 24.7 Å². The van der Waals surface area contributed by atoms with Gasteiger partial charge in [0.05, 0.1) is 0 Å². The molecule has 131 valence electrons. The molecule has 2 aliphatic carbocycles. The molecule has 1 N–H and O–H groups in total. The summed E-state index contributed by atoms with van der Waals surface area (Å²) in [6.45, 7) is 10.0. The predicted octanol–water partition coefficient (Wildman–Crippen LogP) is -1.45. The molecule has 0 spiro atoms. The van der Waals surface area contributed by atoms with Crippen LogP contribution in [0, 0.1) is 0 Å². The van der Waals surface area contributed by atoms with E-state index in [0.29, 0.717) is 0 Å². The largest absolute Gasteiger partial charge is 1.00 e. The van der Waals surface area contributed by atoms with Crippen LogP contribution >= 0.6 is 0 Å². The van der Waals surface area contributed by atoms with Gasteiger partial charge in [-0.3, -0.25) is 0 Å². The molecule has 1 aliphatic heterocycles. The molecule has 0 saturated carbocycles. The van der Waals surface area contributed by atoms with Gasteiger partial charge in [-0.25, -0.2) is 0 Å². The van der Waals surface area contributed by atoms with Crippen LogP contribution in [-0.4, -0.2) is 20.3 Å². The third kappa shape index (κ3) is 2.55. The molecular formula is C19H23Cl2OSi2Zr. The van der Waals surface area contributed by atoms with Gasteiger partial charge in [0.2, 0.25) is 0 Å². The van der Waals surface area contributed by atoms with Gasteiger partial charge in [-0.15, -0.1) is 0 Å². The number of rotatable bonds is 3. The van der Waals surface area contributed by atoms with E-state index >= 15 is 0 Å². The van der Waals surface area contributed by atoms with E-state index in [2.05, 4.69) is 56.9 Å². The number of hydrogen-bond donors (Lipinski definition) is 1. The maximum Gasteiger partial charge on any atom is -1.00 e. The SMILES string of the molecule is CC[Si](C)(C)[Si]1(C)C2=C(O)[CH]([Zr+2])c3ccc(C4=CC=CC4)c1c32.[Cl-].[Cl-]. The van der Waals surface area contributed by atoms with Gasteiger partial charge in [-0.1, -0.05) is 0 Å². The molecule has 4 rings (SSSR count). The number of benzene rings is 1. The first-order chi connectivity index (χ1) is 10.8. The van der Waals surface area contributed by atoms with Crippen molar-refractivity contribution in [1.82, 2.24) is 0 Å². The van der Waals surface area contributed by atoms with Crippen LogP contribution in [0.2, 0.25) is 25.7 Å². The number of aliphatic hydroxyl groups excluding tert-OH is 1. The maximum atomic E-state index is 10.9. The van der Waals surface area contributed by atoms with Gasteiger partial charge in [-0.2, -0.15) is 0 Å². The van der Waals surface area contributed by atoms with Gasteiger partial charge in [0.25, 0.3) is 0 Å². The monoisotopic (exact) mass is 483 g/mol. The number of allylic oxidation sites excluding steroid dienone is 5. The normalized spacial score (nSPS) is 25.8. The number of aliphatic hydroxyl groups is 1. The average molecular weight is 486 g/mol. The van der Waals surface area contributed by atoms with Crippen LogP contribution in [0.4, 0.5) is 0 Å². The molecule has 6 heteroatoms. The zero-order chi connectivity index (χ0) is 16.6. The van der Waals surface area contributed by atoms with Crippen LogP contribution in [0.5, 0.6) is 0 Å². The van der Waals surface area contributed by atoms with Crippen molar-refractivity contribution in [2.75, 3.05) is 0 Å². The van der Waals surface area contributed by atoms with E-state index in [1.165, 1.54) is 58.2 Å². The van der Waals surface area contributed by atoms with Crippen molar-refractivity contribution >= 4 is 31.1 Å². The van der Waals surface area contributed by atoms with E-state index < -0.39 is 15.2 Å². The molecule has 0 saturated heterocycles. The predicted molar refractivity (Wildman–Crippen MR) is 99.7 cm³/mol. The fraction of sp³-hybridized carbons (Fsp3) is 0.368. The molecule has 3 aliphatic rings. The van der Waals surface area contributed by atoms with Crippen molar-refractivity contribution in [2.45, 2.75) is 42.7 Å². The molecule has 0 amide bonds.